The van der Waals surface area contributed by atoms with Crippen LogP contribution in [-0.4, -0.2) is 29.8 Å². The Labute approximate surface area is 140 Å². The summed E-state index contributed by atoms with van der Waals surface area (Å²) in [7, 11) is 0. The van der Waals surface area contributed by atoms with Crippen molar-refractivity contribution in [3.63, 3.8) is 0 Å². The normalized spacial score (nSPS) is 27.8. The van der Waals surface area contributed by atoms with E-state index in [1.165, 1.54) is 0 Å². The number of alkyl halides is 2. The topological polar surface area (TPSA) is 47.6 Å². The van der Waals surface area contributed by atoms with Crippen LogP contribution in [-0.2, 0) is 4.74 Å². The summed E-state index contributed by atoms with van der Waals surface area (Å²) in [5.74, 6) is -2.52. The van der Waals surface area contributed by atoms with Crippen LogP contribution in [0.15, 0.2) is 24.3 Å². The molecule has 3 rings (SSSR count). The lowest BCUT2D eigenvalue weighted by Gasteiger charge is -2.36. The maximum atomic E-state index is 13.0. The molecule has 0 aliphatic heterocycles. The average molecular weight is 339 g/mol. The van der Waals surface area contributed by atoms with Crippen molar-refractivity contribution in [2.24, 2.45) is 0 Å². The van der Waals surface area contributed by atoms with Crippen molar-refractivity contribution in [3.8, 4) is 5.75 Å². The minimum atomic E-state index is -2.54. The molecular formula is C18H23F2NO3. The molecule has 1 amide bonds. The van der Waals surface area contributed by atoms with Crippen molar-refractivity contribution in [1.82, 2.24) is 5.32 Å². The molecule has 0 spiro atoms. The fourth-order valence-corrected chi connectivity index (χ4v) is 2.80. The van der Waals surface area contributed by atoms with Gasteiger partial charge in [0.15, 0.2) is 0 Å². The van der Waals surface area contributed by atoms with Crippen molar-refractivity contribution in [2.45, 2.75) is 69.6 Å². The third kappa shape index (κ3) is 4.16. The van der Waals surface area contributed by atoms with Crippen LogP contribution >= 0.6 is 0 Å². The minimum absolute atomic E-state index is 0.0261. The van der Waals surface area contributed by atoms with Gasteiger partial charge in [0, 0.05) is 25.3 Å². The number of carbonyl (C=O) groups excluding carboxylic acids is 1. The van der Waals surface area contributed by atoms with E-state index in [0.717, 1.165) is 0 Å². The lowest BCUT2D eigenvalue weighted by Crippen LogP contribution is -2.50. The van der Waals surface area contributed by atoms with Crippen LogP contribution < -0.4 is 10.1 Å². The quantitative estimate of drug-likeness (QED) is 0.892. The van der Waals surface area contributed by atoms with Crippen LogP contribution in [0.25, 0.3) is 0 Å². The predicted octanol–water partition coefficient (Wildman–Crippen LogP) is 4.24. The molecule has 2 saturated carbocycles. The number of carbonyl (C=O) groups is 1. The van der Waals surface area contributed by atoms with Gasteiger partial charge in [0.2, 0.25) is 0 Å². The molecule has 2 aliphatic carbocycles. The summed E-state index contributed by atoms with van der Waals surface area (Å²) < 4.78 is 37.1. The van der Waals surface area contributed by atoms with Gasteiger partial charge >= 0.3 is 6.09 Å². The second kappa shape index (κ2) is 5.90. The molecule has 0 radical (unpaired) electrons. The zero-order valence-corrected chi connectivity index (χ0v) is 14.1. The smallest absolute Gasteiger partial charge is 0.407 e. The molecule has 4 nitrogen and oxygen atoms in total. The second-order valence-corrected chi connectivity index (χ2v) is 7.64. The van der Waals surface area contributed by atoms with E-state index in [0.29, 0.717) is 24.2 Å². The third-order valence-corrected chi connectivity index (χ3v) is 4.23. The van der Waals surface area contributed by atoms with Gasteiger partial charge in [0.25, 0.3) is 5.92 Å². The Morgan fingerprint density at radius 2 is 1.79 bits per heavy atom. The Hall–Kier alpha value is -1.85. The SMILES string of the molecule is CC(C)(C)OC(=O)NC1CC(Oc2ccc([C@H]3CC3(F)F)cc2)C1. The van der Waals surface area contributed by atoms with Gasteiger partial charge in [-0.25, -0.2) is 13.6 Å². The first-order valence-corrected chi connectivity index (χ1v) is 8.26. The van der Waals surface area contributed by atoms with Crippen LogP contribution in [0.3, 0.4) is 0 Å². The van der Waals surface area contributed by atoms with Gasteiger partial charge in [-0.3, -0.25) is 0 Å². The maximum absolute atomic E-state index is 13.0. The summed E-state index contributed by atoms with van der Waals surface area (Å²) in [5.41, 5.74) is 0.148. The average Bonchev–Trinajstić information content (AvgIpc) is 3.04. The van der Waals surface area contributed by atoms with Crippen molar-refractivity contribution in [1.29, 1.82) is 0 Å². The molecule has 2 aliphatic rings. The van der Waals surface area contributed by atoms with Crippen LogP contribution in [0.1, 0.15) is 51.5 Å². The fourth-order valence-electron chi connectivity index (χ4n) is 2.80. The summed E-state index contributed by atoms with van der Waals surface area (Å²) in [6.45, 7) is 5.46. The Bertz CT molecular complexity index is 604. The van der Waals surface area contributed by atoms with Crippen molar-refractivity contribution in [2.75, 3.05) is 0 Å². The van der Waals surface area contributed by atoms with E-state index in [1.54, 1.807) is 24.3 Å². The first kappa shape index (κ1) is 17.0. The van der Waals surface area contributed by atoms with Crippen molar-refractivity contribution >= 4 is 6.09 Å². The Balaban J connectivity index is 1.40. The van der Waals surface area contributed by atoms with E-state index in [1.807, 2.05) is 20.8 Å². The summed E-state index contributed by atoms with van der Waals surface area (Å²) in [6, 6.07) is 6.93. The van der Waals surface area contributed by atoms with Gasteiger partial charge in [-0.1, -0.05) is 12.1 Å². The monoisotopic (exact) mass is 339 g/mol. The van der Waals surface area contributed by atoms with Crippen LogP contribution in [0.5, 0.6) is 5.75 Å². The van der Waals surface area contributed by atoms with Crippen LogP contribution in [0.2, 0.25) is 0 Å². The lowest BCUT2D eigenvalue weighted by molar-refractivity contribution is 0.0362. The number of nitrogens with one attached hydrogen (secondary N) is 1. The molecule has 0 saturated heterocycles. The third-order valence-electron chi connectivity index (χ3n) is 4.23. The van der Waals surface area contributed by atoms with Gasteiger partial charge in [-0.05, 0) is 38.5 Å². The van der Waals surface area contributed by atoms with E-state index in [2.05, 4.69) is 5.32 Å². The summed E-state index contributed by atoms with van der Waals surface area (Å²) >= 11 is 0. The number of halogens is 2. The fraction of sp³-hybridized carbons (Fsp3) is 0.611. The molecule has 132 valence electrons. The molecule has 0 unspecified atom stereocenters. The Morgan fingerprint density at radius 1 is 1.21 bits per heavy atom. The minimum Gasteiger partial charge on any atom is -0.490 e. The maximum Gasteiger partial charge on any atom is 0.407 e. The van der Waals surface area contributed by atoms with E-state index in [4.69, 9.17) is 9.47 Å². The number of benzene rings is 1. The molecule has 1 aromatic rings. The van der Waals surface area contributed by atoms with Crippen LogP contribution in [0.4, 0.5) is 13.6 Å². The zero-order valence-electron chi connectivity index (χ0n) is 14.1. The van der Waals surface area contributed by atoms with Gasteiger partial charge in [-0.2, -0.15) is 0 Å². The van der Waals surface area contributed by atoms with Crippen LogP contribution in [0, 0.1) is 0 Å². The first-order valence-electron chi connectivity index (χ1n) is 8.26. The standard InChI is InChI=1S/C18H23F2NO3/c1-17(2,3)24-16(22)21-12-8-14(9-12)23-13-6-4-11(5-7-13)15-10-18(15,19)20/h4-7,12,14-15H,8-10H2,1-3H3,(H,21,22)/t12?,14?,15-/m1/s1. The molecule has 1 atom stereocenters. The molecule has 24 heavy (non-hydrogen) atoms. The Kier molecular flexibility index (Phi) is 4.18. The first-order chi connectivity index (χ1) is 11.1. The molecule has 1 N–H and O–H groups in total. The highest BCUT2D eigenvalue weighted by molar-refractivity contribution is 5.68. The highest BCUT2D eigenvalue weighted by atomic mass is 19.3. The highest BCUT2D eigenvalue weighted by Crippen LogP contribution is 2.55. The van der Waals surface area contributed by atoms with Crippen molar-refractivity contribution < 1.29 is 23.0 Å². The molecular weight excluding hydrogens is 316 g/mol. The highest BCUT2D eigenvalue weighted by Gasteiger charge is 2.57. The second-order valence-electron chi connectivity index (χ2n) is 7.64. The number of amides is 1. The number of hydrogen-bond acceptors (Lipinski definition) is 3. The van der Waals surface area contributed by atoms with E-state index < -0.39 is 23.5 Å². The summed E-state index contributed by atoms with van der Waals surface area (Å²) in [6.07, 6.45) is 0.968. The van der Waals surface area contributed by atoms with Gasteiger partial charge in [-0.15, -0.1) is 0 Å². The summed E-state index contributed by atoms with van der Waals surface area (Å²) in [4.78, 5) is 11.7. The molecule has 2 fully saturated rings. The van der Waals surface area contributed by atoms with Gasteiger partial charge in [0.05, 0.1) is 5.92 Å². The molecule has 0 heterocycles. The van der Waals surface area contributed by atoms with E-state index >= 15 is 0 Å². The van der Waals surface area contributed by atoms with E-state index in [9.17, 15) is 13.6 Å². The molecule has 0 aromatic heterocycles. The van der Waals surface area contributed by atoms with E-state index in [-0.39, 0.29) is 18.6 Å². The van der Waals surface area contributed by atoms with Gasteiger partial charge < -0.3 is 14.8 Å². The number of hydrogen-bond donors (Lipinski definition) is 1. The largest absolute Gasteiger partial charge is 0.490 e. The number of alkyl carbamates (subject to hydrolysis) is 1. The summed E-state index contributed by atoms with van der Waals surface area (Å²) in [5, 5.41) is 2.81. The molecule has 1 aromatic carbocycles. The van der Waals surface area contributed by atoms with Gasteiger partial charge in [0.1, 0.15) is 17.5 Å². The zero-order chi connectivity index (χ0) is 17.5. The molecule has 6 heteroatoms. The Morgan fingerprint density at radius 3 is 2.29 bits per heavy atom. The number of rotatable bonds is 4. The lowest BCUT2D eigenvalue weighted by atomic mass is 9.89. The number of ether oxygens (including phenoxy) is 2. The van der Waals surface area contributed by atoms with Crippen molar-refractivity contribution in [3.05, 3.63) is 29.8 Å². The molecule has 0 bridgehead atoms. The predicted molar refractivity (Wildman–Crippen MR) is 85.6 cm³/mol.